The summed E-state index contributed by atoms with van der Waals surface area (Å²) in [6.45, 7) is 3.82. The molecule has 4 heteroatoms. The van der Waals surface area contributed by atoms with Crippen molar-refractivity contribution in [2.75, 3.05) is 26.7 Å². The maximum Gasteiger partial charge on any atom is 0.236 e. The van der Waals surface area contributed by atoms with Gasteiger partial charge in [0.2, 0.25) is 5.91 Å². The van der Waals surface area contributed by atoms with Gasteiger partial charge in [-0.25, -0.2) is 4.39 Å². The first-order valence-corrected chi connectivity index (χ1v) is 6.83. The minimum absolute atomic E-state index is 0.0852. The molecule has 0 atom stereocenters. The zero-order valence-corrected chi connectivity index (χ0v) is 11.8. The average molecular weight is 266 g/mol. The molecule has 0 unspecified atom stereocenters. The Hall–Kier alpha value is -1.42. The molecule has 1 rings (SSSR count). The summed E-state index contributed by atoms with van der Waals surface area (Å²) in [5, 5.41) is 3.06. The molecule has 0 saturated heterocycles. The molecular weight excluding hydrogens is 243 g/mol. The number of nitrogens with one attached hydrogen (secondary N) is 1. The number of hydrogen-bond donors (Lipinski definition) is 1. The third-order valence-electron chi connectivity index (χ3n) is 3.08. The van der Waals surface area contributed by atoms with Crippen molar-refractivity contribution in [2.45, 2.75) is 26.2 Å². The van der Waals surface area contributed by atoms with Crippen molar-refractivity contribution in [2.24, 2.45) is 0 Å². The van der Waals surface area contributed by atoms with Crippen LogP contribution in [0.2, 0.25) is 0 Å². The van der Waals surface area contributed by atoms with E-state index in [0.29, 0.717) is 25.1 Å². The summed E-state index contributed by atoms with van der Waals surface area (Å²) >= 11 is 0. The minimum Gasteiger partial charge on any atom is -0.345 e. The Morgan fingerprint density at radius 1 is 1.37 bits per heavy atom. The summed E-state index contributed by atoms with van der Waals surface area (Å²) in [4.78, 5) is 13.5. The monoisotopic (exact) mass is 266 g/mol. The molecule has 3 nitrogen and oxygen atoms in total. The molecule has 1 N–H and O–H groups in total. The lowest BCUT2D eigenvalue weighted by atomic mass is 10.1. The summed E-state index contributed by atoms with van der Waals surface area (Å²) in [6, 6.07) is 6.73. The van der Waals surface area contributed by atoms with E-state index < -0.39 is 0 Å². The van der Waals surface area contributed by atoms with Crippen LogP contribution >= 0.6 is 0 Å². The number of amides is 1. The number of halogens is 1. The molecule has 0 radical (unpaired) electrons. The molecule has 0 heterocycles. The van der Waals surface area contributed by atoms with Gasteiger partial charge in [-0.15, -0.1) is 0 Å². The van der Waals surface area contributed by atoms with E-state index in [4.69, 9.17) is 0 Å². The average Bonchev–Trinajstić information content (AvgIpc) is 2.42. The molecule has 1 amide bonds. The van der Waals surface area contributed by atoms with Crippen LogP contribution in [0.5, 0.6) is 0 Å². The normalized spacial score (nSPS) is 10.5. The molecule has 0 aromatic heterocycles. The van der Waals surface area contributed by atoms with Crippen molar-refractivity contribution in [1.29, 1.82) is 0 Å². The highest BCUT2D eigenvalue weighted by Gasteiger charge is 2.07. The summed E-state index contributed by atoms with van der Waals surface area (Å²) in [6.07, 6.45) is 2.70. The van der Waals surface area contributed by atoms with E-state index in [1.54, 1.807) is 17.0 Å². The van der Waals surface area contributed by atoms with Gasteiger partial charge in [0.1, 0.15) is 5.82 Å². The number of nitrogens with zero attached hydrogens (tertiary/aromatic N) is 1. The van der Waals surface area contributed by atoms with Gasteiger partial charge in [-0.3, -0.25) is 4.79 Å². The van der Waals surface area contributed by atoms with Crippen molar-refractivity contribution in [3.63, 3.8) is 0 Å². The number of likely N-dealkylation sites (N-methyl/N-ethyl adjacent to an activating group) is 1. The lowest BCUT2D eigenvalue weighted by molar-refractivity contribution is -0.129. The van der Waals surface area contributed by atoms with Crippen molar-refractivity contribution < 1.29 is 9.18 Å². The van der Waals surface area contributed by atoms with Gasteiger partial charge in [0.25, 0.3) is 0 Å². The number of unbranched alkanes of at least 4 members (excludes halogenated alkanes) is 1. The fraction of sp³-hybridized carbons (Fsp3) is 0.533. The second-order valence-electron chi connectivity index (χ2n) is 4.69. The van der Waals surface area contributed by atoms with Crippen LogP contribution in [0.3, 0.4) is 0 Å². The number of hydrogen-bond acceptors (Lipinski definition) is 2. The molecule has 0 fully saturated rings. The third-order valence-corrected chi connectivity index (χ3v) is 3.08. The van der Waals surface area contributed by atoms with Crippen LogP contribution in [0.15, 0.2) is 24.3 Å². The molecule has 0 spiro atoms. The van der Waals surface area contributed by atoms with Gasteiger partial charge < -0.3 is 10.2 Å². The van der Waals surface area contributed by atoms with Gasteiger partial charge in [-0.1, -0.05) is 31.5 Å². The molecule has 0 aliphatic heterocycles. The fourth-order valence-corrected chi connectivity index (χ4v) is 1.77. The second-order valence-corrected chi connectivity index (χ2v) is 4.69. The highest BCUT2D eigenvalue weighted by Crippen LogP contribution is 2.06. The van der Waals surface area contributed by atoms with Crippen LogP contribution in [0.25, 0.3) is 0 Å². The maximum atomic E-state index is 13.3. The lowest BCUT2D eigenvalue weighted by Gasteiger charge is -2.17. The quantitative estimate of drug-likeness (QED) is 0.732. The van der Waals surface area contributed by atoms with E-state index in [1.807, 2.05) is 13.1 Å². The van der Waals surface area contributed by atoms with Crippen LogP contribution in [-0.4, -0.2) is 37.5 Å². The minimum atomic E-state index is -0.185. The highest BCUT2D eigenvalue weighted by molar-refractivity contribution is 5.77. The van der Waals surface area contributed by atoms with Crippen molar-refractivity contribution >= 4 is 5.91 Å². The van der Waals surface area contributed by atoms with Crippen LogP contribution in [0.1, 0.15) is 25.3 Å². The smallest absolute Gasteiger partial charge is 0.236 e. The first kappa shape index (κ1) is 15.6. The van der Waals surface area contributed by atoms with Crippen molar-refractivity contribution in [1.82, 2.24) is 10.2 Å². The van der Waals surface area contributed by atoms with E-state index in [-0.39, 0.29) is 11.7 Å². The largest absolute Gasteiger partial charge is 0.345 e. The molecule has 106 valence electrons. The standard InChI is InChI=1S/C15H23FN2O/c1-3-4-11-18(2)15(19)12-17-10-9-13-7-5-6-8-14(13)16/h5-8,17H,3-4,9-12H2,1-2H3. The lowest BCUT2D eigenvalue weighted by Crippen LogP contribution is -2.36. The summed E-state index contributed by atoms with van der Waals surface area (Å²) in [7, 11) is 1.82. The van der Waals surface area contributed by atoms with E-state index in [0.717, 1.165) is 19.4 Å². The van der Waals surface area contributed by atoms with Gasteiger partial charge in [0, 0.05) is 13.6 Å². The SMILES string of the molecule is CCCCN(C)C(=O)CNCCc1ccccc1F. The molecule has 0 aliphatic carbocycles. The van der Waals surface area contributed by atoms with Crippen molar-refractivity contribution in [3.05, 3.63) is 35.6 Å². The van der Waals surface area contributed by atoms with E-state index in [1.165, 1.54) is 6.07 Å². The Morgan fingerprint density at radius 2 is 2.11 bits per heavy atom. The molecule has 0 bridgehead atoms. The second kappa shape index (κ2) is 8.64. The maximum absolute atomic E-state index is 13.3. The topological polar surface area (TPSA) is 32.3 Å². The molecule has 1 aromatic rings. The Bertz CT molecular complexity index is 395. The van der Waals surface area contributed by atoms with E-state index >= 15 is 0 Å². The zero-order valence-electron chi connectivity index (χ0n) is 11.8. The van der Waals surface area contributed by atoms with Crippen molar-refractivity contribution in [3.8, 4) is 0 Å². The number of rotatable bonds is 8. The Labute approximate surface area is 114 Å². The van der Waals surface area contributed by atoms with Crippen LogP contribution < -0.4 is 5.32 Å². The molecule has 0 saturated carbocycles. The predicted molar refractivity (Wildman–Crippen MR) is 75.5 cm³/mol. The number of benzene rings is 1. The molecule has 0 aliphatic rings. The first-order chi connectivity index (χ1) is 9.15. The number of carbonyl (C=O) groups is 1. The van der Waals surface area contributed by atoms with Crippen LogP contribution in [0.4, 0.5) is 4.39 Å². The molecule has 1 aromatic carbocycles. The highest BCUT2D eigenvalue weighted by atomic mass is 19.1. The predicted octanol–water partition coefficient (Wildman–Crippen LogP) is 2.22. The Balaban J connectivity index is 2.20. The van der Waals surface area contributed by atoms with Gasteiger partial charge in [-0.05, 0) is 31.0 Å². The summed E-state index contributed by atoms with van der Waals surface area (Å²) in [5.74, 6) is -0.0994. The number of carbonyl (C=O) groups excluding carboxylic acids is 1. The van der Waals surface area contributed by atoms with Gasteiger partial charge in [0.05, 0.1) is 6.54 Å². The summed E-state index contributed by atoms with van der Waals surface area (Å²) in [5.41, 5.74) is 0.682. The van der Waals surface area contributed by atoms with E-state index in [2.05, 4.69) is 12.2 Å². The van der Waals surface area contributed by atoms with Crippen LogP contribution in [-0.2, 0) is 11.2 Å². The zero-order chi connectivity index (χ0) is 14.1. The van der Waals surface area contributed by atoms with Gasteiger partial charge >= 0.3 is 0 Å². The Kier molecular flexibility index (Phi) is 7.11. The molecular formula is C15H23FN2O. The Morgan fingerprint density at radius 3 is 2.79 bits per heavy atom. The van der Waals surface area contributed by atoms with Gasteiger partial charge in [0.15, 0.2) is 0 Å². The van der Waals surface area contributed by atoms with Gasteiger partial charge in [-0.2, -0.15) is 0 Å². The van der Waals surface area contributed by atoms with E-state index in [9.17, 15) is 9.18 Å². The third kappa shape index (κ3) is 5.83. The van der Waals surface area contributed by atoms with Crippen LogP contribution in [0, 0.1) is 5.82 Å². The molecule has 19 heavy (non-hydrogen) atoms. The summed E-state index contributed by atoms with van der Waals surface area (Å²) < 4.78 is 13.3. The fourth-order valence-electron chi connectivity index (χ4n) is 1.77. The first-order valence-electron chi connectivity index (χ1n) is 6.83.